The molecule has 1 saturated heterocycles. The van der Waals surface area contributed by atoms with Crippen molar-refractivity contribution in [2.45, 2.75) is 58.5 Å². The van der Waals surface area contributed by atoms with Crippen LogP contribution >= 0.6 is 0 Å². The molecule has 1 fully saturated rings. The summed E-state index contributed by atoms with van der Waals surface area (Å²) in [5.41, 5.74) is 3.16. The topological polar surface area (TPSA) is 72.3 Å². The van der Waals surface area contributed by atoms with Crippen LogP contribution in [0.25, 0.3) is 11.0 Å². The molecular formula is C24H26F3N5O2. The van der Waals surface area contributed by atoms with Crippen LogP contribution in [-0.4, -0.2) is 44.8 Å². The summed E-state index contributed by atoms with van der Waals surface area (Å²) >= 11 is 0. The number of amides is 1. The van der Waals surface area contributed by atoms with Gasteiger partial charge in [-0.05, 0) is 44.4 Å². The van der Waals surface area contributed by atoms with Crippen LogP contribution in [0, 0.1) is 6.92 Å². The molecule has 2 aromatic heterocycles. The summed E-state index contributed by atoms with van der Waals surface area (Å²) in [6.45, 7) is 6.42. The molecule has 2 aliphatic rings. The number of rotatable bonds is 5. The molecule has 0 saturated carbocycles. The maximum atomic E-state index is 13.2. The van der Waals surface area contributed by atoms with Gasteiger partial charge in [0.05, 0.1) is 29.4 Å². The minimum absolute atomic E-state index is 0.110. The summed E-state index contributed by atoms with van der Waals surface area (Å²) in [6.07, 6.45) is -0.988. The molecule has 0 bridgehead atoms. The van der Waals surface area contributed by atoms with Crippen molar-refractivity contribution in [3.8, 4) is 0 Å². The Morgan fingerprint density at radius 2 is 2.00 bits per heavy atom. The SMILES string of the molecule is CCn1ncc2c(NC3CCOCC3)c(CN3Cc4ccc(C(F)(F)F)cc4C3=O)c(C)nc21. The first-order chi connectivity index (χ1) is 16.3. The van der Waals surface area contributed by atoms with E-state index in [2.05, 4.69) is 10.4 Å². The summed E-state index contributed by atoms with van der Waals surface area (Å²) in [4.78, 5) is 19.4. The number of ether oxygens (including phenoxy) is 1. The number of anilines is 1. The lowest BCUT2D eigenvalue weighted by molar-refractivity contribution is -0.137. The molecule has 34 heavy (non-hydrogen) atoms. The summed E-state index contributed by atoms with van der Waals surface area (Å²) in [5.74, 6) is -0.401. The Morgan fingerprint density at radius 1 is 1.24 bits per heavy atom. The highest BCUT2D eigenvalue weighted by atomic mass is 19.4. The molecule has 1 amide bonds. The predicted molar refractivity (Wildman–Crippen MR) is 120 cm³/mol. The Morgan fingerprint density at radius 3 is 2.71 bits per heavy atom. The number of pyridine rings is 1. The minimum Gasteiger partial charge on any atom is -0.381 e. The van der Waals surface area contributed by atoms with Crippen molar-refractivity contribution < 1.29 is 22.7 Å². The molecule has 7 nitrogen and oxygen atoms in total. The first-order valence-electron chi connectivity index (χ1n) is 11.4. The third-order valence-corrected chi connectivity index (χ3v) is 6.63. The molecule has 1 N–H and O–H groups in total. The molecule has 3 aromatic rings. The molecule has 0 radical (unpaired) electrons. The van der Waals surface area contributed by atoms with Crippen LogP contribution in [-0.2, 0) is 30.5 Å². The Balaban J connectivity index is 1.51. The number of alkyl halides is 3. The molecule has 1 aromatic carbocycles. The second kappa shape index (κ2) is 8.57. The summed E-state index contributed by atoms with van der Waals surface area (Å²) in [6, 6.07) is 3.60. The van der Waals surface area contributed by atoms with Gasteiger partial charge >= 0.3 is 6.18 Å². The van der Waals surface area contributed by atoms with E-state index in [-0.39, 0.29) is 24.7 Å². The van der Waals surface area contributed by atoms with E-state index in [1.807, 2.05) is 18.5 Å². The van der Waals surface area contributed by atoms with Crippen molar-refractivity contribution in [1.82, 2.24) is 19.7 Å². The van der Waals surface area contributed by atoms with Gasteiger partial charge in [-0.15, -0.1) is 0 Å². The van der Waals surface area contributed by atoms with Gasteiger partial charge in [0, 0.05) is 49.2 Å². The molecule has 180 valence electrons. The van der Waals surface area contributed by atoms with Gasteiger partial charge in [-0.25, -0.2) is 9.67 Å². The van der Waals surface area contributed by atoms with Crippen molar-refractivity contribution >= 4 is 22.6 Å². The quantitative estimate of drug-likeness (QED) is 0.590. The standard InChI is InChI=1S/C24H26F3N5O2/c1-3-32-22-19(11-28-32)21(30-17-6-8-34-9-7-17)20(14(2)29-22)13-31-12-15-4-5-16(24(25,26)27)10-18(15)23(31)33/h4-5,10-11,17H,3,6-9,12-13H2,1-2H3,(H,29,30). The van der Waals surface area contributed by atoms with E-state index in [4.69, 9.17) is 9.72 Å². The number of carbonyl (C=O) groups is 1. The zero-order valence-electron chi connectivity index (χ0n) is 19.1. The smallest absolute Gasteiger partial charge is 0.381 e. The Bertz CT molecular complexity index is 1250. The average Bonchev–Trinajstić information content (AvgIpc) is 3.36. The number of halogens is 3. The lowest BCUT2D eigenvalue weighted by atomic mass is 10.0. The Labute approximate surface area is 194 Å². The first kappa shape index (κ1) is 22.6. The Kier molecular flexibility index (Phi) is 5.71. The van der Waals surface area contributed by atoms with E-state index in [0.717, 1.165) is 53.0 Å². The summed E-state index contributed by atoms with van der Waals surface area (Å²) in [5, 5.41) is 8.99. The molecule has 0 spiro atoms. The van der Waals surface area contributed by atoms with Gasteiger partial charge in [-0.1, -0.05) is 6.07 Å². The van der Waals surface area contributed by atoms with Crippen molar-refractivity contribution in [2.24, 2.45) is 0 Å². The summed E-state index contributed by atoms with van der Waals surface area (Å²) in [7, 11) is 0. The molecular weight excluding hydrogens is 447 g/mol. The second-order valence-corrected chi connectivity index (χ2v) is 8.81. The van der Waals surface area contributed by atoms with Crippen molar-refractivity contribution in [2.75, 3.05) is 18.5 Å². The van der Waals surface area contributed by atoms with Gasteiger partial charge < -0.3 is 15.0 Å². The van der Waals surface area contributed by atoms with Crippen molar-refractivity contribution in [3.05, 3.63) is 52.3 Å². The number of benzene rings is 1. The molecule has 5 rings (SSSR count). The van der Waals surface area contributed by atoms with Gasteiger partial charge in [0.15, 0.2) is 5.65 Å². The average molecular weight is 473 g/mol. The number of carbonyl (C=O) groups excluding carboxylic acids is 1. The third kappa shape index (κ3) is 4.00. The molecule has 0 aliphatic carbocycles. The van der Waals surface area contributed by atoms with Crippen molar-refractivity contribution in [1.29, 1.82) is 0 Å². The lowest BCUT2D eigenvalue weighted by Gasteiger charge is -2.27. The number of nitrogens with one attached hydrogen (secondary N) is 1. The minimum atomic E-state index is -4.49. The lowest BCUT2D eigenvalue weighted by Crippen LogP contribution is -2.30. The third-order valence-electron chi connectivity index (χ3n) is 6.63. The van der Waals surface area contributed by atoms with Crippen LogP contribution in [0.2, 0.25) is 0 Å². The van der Waals surface area contributed by atoms with Gasteiger partial charge in [-0.3, -0.25) is 4.79 Å². The van der Waals surface area contributed by atoms with Crippen molar-refractivity contribution in [3.63, 3.8) is 0 Å². The number of aryl methyl sites for hydroxylation is 2. The normalized spacial score (nSPS) is 17.0. The molecule has 0 unspecified atom stereocenters. The maximum absolute atomic E-state index is 13.2. The highest BCUT2D eigenvalue weighted by molar-refractivity contribution is 5.99. The van der Waals surface area contributed by atoms with E-state index in [0.29, 0.717) is 25.3 Å². The monoisotopic (exact) mass is 473 g/mol. The number of fused-ring (bicyclic) bond motifs is 2. The van der Waals surface area contributed by atoms with E-state index >= 15 is 0 Å². The van der Waals surface area contributed by atoms with E-state index in [9.17, 15) is 18.0 Å². The van der Waals surface area contributed by atoms with E-state index < -0.39 is 17.6 Å². The molecule has 4 heterocycles. The number of hydrogen-bond donors (Lipinski definition) is 1. The van der Waals surface area contributed by atoms with Crippen LogP contribution in [0.3, 0.4) is 0 Å². The largest absolute Gasteiger partial charge is 0.416 e. The van der Waals surface area contributed by atoms with E-state index in [1.54, 1.807) is 11.1 Å². The fourth-order valence-corrected chi connectivity index (χ4v) is 4.73. The first-order valence-corrected chi connectivity index (χ1v) is 11.4. The van der Waals surface area contributed by atoms with E-state index in [1.165, 1.54) is 6.07 Å². The molecule has 10 heteroatoms. The van der Waals surface area contributed by atoms with Crippen LogP contribution in [0.4, 0.5) is 18.9 Å². The number of hydrogen-bond acceptors (Lipinski definition) is 5. The van der Waals surface area contributed by atoms with Crippen LogP contribution in [0.5, 0.6) is 0 Å². The molecule has 2 aliphatic heterocycles. The maximum Gasteiger partial charge on any atom is 0.416 e. The highest BCUT2D eigenvalue weighted by Gasteiger charge is 2.35. The predicted octanol–water partition coefficient (Wildman–Crippen LogP) is 4.53. The Hall–Kier alpha value is -3.14. The van der Waals surface area contributed by atoms with Gasteiger partial charge in [0.25, 0.3) is 5.91 Å². The van der Waals surface area contributed by atoms with Gasteiger partial charge in [0.2, 0.25) is 0 Å². The van der Waals surface area contributed by atoms with Crippen LogP contribution in [0.15, 0.2) is 24.4 Å². The fraction of sp³-hybridized carbons (Fsp3) is 0.458. The summed E-state index contributed by atoms with van der Waals surface area (Å²) < 4.78 is 46.9. The number of nitrogens with zero attached hydrogens (tertiary/aromatic N) is 4. The van der Waals surface area contributed by atoms with Crippen LogP contribution in [0.1, 0.15) is 52.5 Å². The highest BCUT2D eigenvalue weighted by Crippen LogP contribution is 2.36. The second-order valence-electron chi connectivity index (χ2n) is 8.81. The fourth-order valence-electron chi connectivity index (χ4n) is 4.73. The number of aromatic nitrogens is 3. The van der Waals surface area contributed by atoms with Crippen LogP contribution < -0.4 is 5.32 Å². The zero-order chi connectivity index (χ0) is 24.0. The van der Waals surface area contributed by atoms with Gasteiger partial charge in [0.1, 0.15) is 0 Å². The van der Waals surface area contributed by atoms with Gasteiger partial charge in [-0.2, -0.15) is 18.3 Å². The molecule has 0 atom stereocenters. The zero-order valence-corrected chi connectivity index (χ0v) is 19.1.